The minimum atomic E-state index is 0.806. The van der Waals surface area contributed by atoms with Crippen LogP contribution in [0.15, 0.2) is 11.4 Å². The zero-order valence-electron chi connectivity index (χ0n) is 11.5. The van der Waals surface area contributed by atoms with Gasteiger partial charge in [-0.15, -0.1) is 11.8 Å². The molecule has 0 saturated heterocycles. The minimum absolute atomic E-state index is 0.806. The number of hydrogen-bond acceptors (Lipinski definition) is 5. The fraction of sp³-hybridized carbons (Fsp3) is 0.692. The molecular formula is C13H23N3OS. The smallest absolute Gasteiger partial charge is 0.133 e. The molecule has 1 N–H and O–H groups in total. The summed E-state index contributed by atoms with van der Waals surface area (Å²) in [4.78, 5) is 8.72. The van der Waals surface area contributed by atoms with Gasteiger partial charge in [-0.25, -0.2) is 9.97 Å². The normalized spacial score (nSPS) is 10.6. The van der Waals surface area contributed by atoms with Gasteiger partial charge in [-0.3, -0.25) is 0 Å². The van der Waals surface area contributed by atoms with Gasteiger partial charge in [-0.1, -0.05) is 13.8 Å². The van der Waals surface area contributed by atoms with E-state index < -0.39 is 0 Å². The lowest BCUT2D eigenvalue weighted by Crippen LogP contribution is -2.07. The molecule has 0 radical (unpaired) electrons. The summed E-state index contributed by atoms with van der Waals surface area (Å²) in [6.45, 7) is 6.06. The third kappa shape index (κ3) is 4.82. The number of rotatable bonds is 9. The van der Waals surface area contributed by atoms with Crippen LogP contribution in [0.5, 0.6) is 0 Å². The van der Waals surface area contributed by atoms with Crippen molar-refractivity contribution in [2.45, 2.75) is 38.1 Å². The molecule has 1 heterocycles. The first kappa shape index (κ1) is 15.2. The van der Waals surface area contributed by atoms with Crippen molar-refractivity contribution in [3.8, 4) is 0 Å². The molecule has 1 rings (SSSR count). The summed E-state index contributed by atoms with van der Waals surface area (Å²) in [5.74, 6) is 2.02. The van der Waals surface area contributed by atoms with Crippen LogP contribution in [0.4, 0.5) is 5.82 Å². The lowest BCUT2D eigenvalue weighted by atomic mass is 10.2. The average Bonchev–Trinajstić information content (AvgIpc) is 2.41. The highest BCUT2D eigenvalue weighted by Crippen LogP contribution is 2.25. The molecule has 0 saturated carbocycles. The Kier molecular flexibility index (Phi) is 7.76. The van der Waals surface area contributed by atoms with Crippen LogP contribution in [-0.4, -0.2) is 36.0 Å². The fourth-order valence-corrected chi connectivity index (χ4v) is 2.60. The van der Waals surface area contributed by atoms with Crippen molar-refractivity contribution in [1.29, 1.82) is 0 Å². The lowest BCUT2D eigenvalue weighted by molar-refractivity contribution is 0.200. The number of ether oxygens (including phenoxy) is 1. The van der Waals surface area contributed by atoms with E-state index in [0.717, 1.165) is 49.0 Å². The van der Waals surface area contributed by atoms with Crippen molar-refractivity contribution in [3.05, 3.63) is 11.9 Å². The third-order valence-electron chi connectivity index (χ3n) is 2.53. The Morgan fingerprint density at radius 1 is 1.33 bits per heavy atom. The standard InChI is InChI=1S/C13H23N3OS/c1-4-7-14-12-11(5-2)13(16-10-15-12)18-9-6-8-17-3/h10H,4-9H2,1-3H3,(H,14,15,16). The van der Waals surface area contributed by atoms with Gasteiger partial charge in [-0.2, -0.15) is 0 Å². The van der Waals surface area contributed by atoms with Gasteiger partial charge >= 0.3 is 0 Å². The Bertz CT molecular complexity index is 347. The quantitative estimate of drug-likeness (QED) is 0.424. The first-order valence-electron chi connectivity index (χ1n) is 6.52. The molecule has 1 aromatic rings. The second kappa shape index (κ2) is 9.16. The van der Waals surface area contributed by atoms with E-state index in [0.29, 0.717) is 0 Å². The van der Waals surface area contributed by atoms with Gasteiger partial charge in [0.05, 0.1) is 0 Å². The molecule has 102 valence electrons. The van der Waals surface area contributed by atoms with Crippen molar-refractivity contribution < 1.29 is 4.74 Å². The molecule has 0 fully saturated rings. The Labute approximate surface area is 114 Å². The molecule has 0 aliphatic carbocycles. The van der Waals surface area contributed by atoms with Crippen molar-refractivity contribution in [3.63, 3.8) is 0 Å². The monoisotopic (exact) mass is 269 g/mol. The maximum Gasteiger partial charge on any atom is 0.133 e. The molecule has 0 unspecified atom stereocenters. The van der Waals surface area contributed by atoms with Gasteiger partial charge in [-0.05, 0) is 19.3 Å². The largest absolute Gasteiger partial charge is 0.385 e. The van der Waals surface area contributed by atoms with E-state index in [2.05, 4.69) is 29.1 Å². The number of anilines is 1. The van der Waals surface area contributed by atoms with E-state index in [-0.39, 0.29) is 0 Å². The van der Waals surface area contributed by atoms with Crippen LogP contribution in [-0.2, 0) is 11.2 Å². The second-order valence-corrected chi connectivity index (χ2v) is 5.06. The van der Waals surface area contributed by atoms with Crippen molar-refractivity contribution in [1.82, 2.24) is 9.97 Å². The minimum Gasteiger partial charge on any atom is -0.385 e. The predicted octanol–water partition coefficient (Wildman–Crippen LogP) is 2.99. The number of nitrogens with zero attached hydrogens (tertiary/aromatic N) is 2. The van der Waals surface area contributed by atoms with E-state index in [4.69, 9.17) is 4.74 Å². The number of aromatic nitrogens is 2. The molecule has 0 atom stereocenters. The second-order valence-electron chi connectivity index (χ2n) is 3.98. The highest BCUT2D eigenvalue weighted by Gasteiger charge is 2.09. The molecule has 18 heavy (non-hydrogen) atoms. The maximum absolute atomic E-state index is 5.05. The molecule has 4 nitrogen and oxygen atoms in total. The zero-order valence-corrected chi connectivity index (χ0v) is 12.3. The average molecular weight is 269 g/mol. The molecule has 0 aliphatic heterocycles. The van der Waals surface area contributed by atoms with Crippen LogP contribution in [0, 0.1) is 0 Å². The van der Waals surface area contributed by atoms with Crippen molar-refractivity contribution in [2.75, 3.05) is 31.3 Å². The van der Waals surface area contributed by atoms with E-state index >= 15 is 0 Å². The molecule has 0 amide bonds. The summed E-state index contributed by atoms with van der Waals surface area (Å²) in [7, 11) is 1.74. The first-order valence-corrected chi connectivity index (χ1v) is 7.51. The van der Waals surface area contributed by atoms with E-state index in [1.807, 2.05) is 0 Å². The number of nitrogens with one attached hydrogen (secondary N) is 1. The Morgan fingerprint density at radius 2 is 2.17 bits per heavy atom. The predicted molar refractivity (Wildman–Crippen MR) is 77.4 cm³/mol. The zero-order chi connectivity index (χ0) is 13.2. The molecule has 0 aliphatic rings. The van der Waals surface area contributed by atoms with Crippen LogP contribution in [0.1, 0.15) is 32.3 Å². The summed E-state index contributed by atoms with van der Waals surface area (Å²) in [5.41, 5.74) is 1.23. The maximum atomic E-state index is 5.05. The van der Waals surface area contributed by atoms with Gasteiger partial charge in [0, 0.05) is 31.6 Å². The molecule has 5 heteroatoms. The molecule has 0 aromatic carbocycles. The van der Waals surface area contributed by atoms with Crippen LogP contribution in [0.25, 0.3) is 0 Å². The summed E-state index contributed by atoms with van der Waals surface area (Å²) in [5, 5.41) is 4.47. The highest BCUT2D eigenvalue weighted by atomic mass is 32.2. The highest BCUT2D eigenvalue weighted by molar-refractivity contribution is 7.99. The number of methoxy groups -OCH3 is 1. The van der Waals surface area contributed by atoms with Crippen LogP contribution in [0.2, 0.25) is 0 Å². The van der Waals surface area contributed by atoms with Crippen molar-refractivity contribution >= 4 is 17.6 Å². The number of thioether (sulfide) groups is 1. The van der Waals surface area contributed by atoms with E-state index in [1.54, 1.807) is 25.2 Å². The van der Waals surface area contributed by atoms with Crippen LogP contribution >= 0.6 is 11.8 Å². The van der Waals surface area contributed by atoms with Gasteiger partial charge < -0.3 is 10.1 Å². The van der Waals surface area contributed by atoms with Crippen molar-refractivity contribution in [2.24, 2.45) is 0 Å². The van der Waals surface area contributed by atoms with E-state index in [9.17, 15) is 0 Å². The first-order chi connectivity index (χ1) is 8.83. The number of hydrogen-bond donors (Lipinski definition) is 1. The fourth-order valence-electron chi connectivity index (χ4n) is 1.61. The topological polar surface area (TPSA) is 47.0 Å². The molecule has 0 bridgehead atoms. The Morgan fingerprint density at radius 3 is 2.83 bits per heavy atom. The SMILES string of the molecule is CCCNc1ncnc(SCCCOC)c1CC. The summed E-state index contributed by atoms with van der Waals surface area (Å²) >= 11 is 1.79. The summed E-state index contributed by atoms with van der Waals surface area (Å²) in [6, 6.07) is 0. The molecular weight excluding hydrogens is 246 g/mol. The van der Waals surface area contributed by atoms with Crippen LogP contribution < -0.4 is 5.32 Å². The van der Waals surface area contributed by atoms with E-state index in [1.165, 1.54) is 5.56 Å². The third-order valence-corrected chi connectivity index (χ3v) is 3.65. The molecule has 0 spiro atoms. The van der Waals surface area contributed by atoms with Gasteiger partial charge in [0.2, 0.25) is 0 Å². The van der Waals surface area contributed by atoms with Gasteiger partial charge in [0.15, 0.2) is 0 Å². The summed E-state index contributed by atoms with van der Waals surface area (Å²) < 4.78 is 5.05. The van der Waals surface area contributed by atoms with Gasteiger partial charge in [0.25, 0.3) is 0 Å². The van der Waals surface area contributed by atoms with Crippen LogP contribution in [0.3, 0.4) is 0 Å². The van der Waals surface area contributed by atoms with Gasteiger partial charge in [0.1, 0.15) is 17.2 Å². The Hall–Kier alpha value is -0.810. The lowest BCUT2D eigenvalue weighted by Gasteiger charge is -2.12. The summed E-state index contributed by atoms with van der Waals surface area (Å²) in [6.07, 6.45) is 4.75. The molecule has 1 aromatic heterocycles. The Balaban J connectivity index is 2.65.